The van der Waals surface area contributed by atoms with Gasteiger partial charge in [-0.2, -0.15) is 0 Å². The Morgan fingerprint density at radius 1 is 1.29 bits per heavy atom. The fourth-order valence-electron chi connectivity index (χ4n) is 1.77. The van der Waals surface area contributed by atoms with Gasteiger partial charge in [-0.15, -0.1) is 0 Å². The molecule has 0 bridgehead atoms. The first-order valence-corrected chi connectivity index (χ1v) is 6.84. The lowest BCUT2D eigenvalue weighted by Gasteiger charge is -2.08. The number of hydrogen-bond donors (Lipinski definition) is 2. The number of nitrogens with one attached hydrogen (secondary N) is 2. The van der Waals surface area contributed by atoms with Crippen molar-refractivity contribution in [3.63, 3.8) is 0 Å². The Bertz CT molecular complexity index is 552. The van der Waals surface area contributed by atoms with Crippen LogP contribution >= 0.6 is 0 Å². The summed E-state index contributed by atoms with van der Waals surface area (Å²) in [5.41, 5.74) is 1.58. The van der Waals surface area contributed by atoms with E-state index in [4.69, 9.17) is 0 Å². The molecule has 1 fully saturated rings. The van der Waals surface area contributed by atoms with Gasteiger partial charge in [0.1, 0.15) is 0 Å². The molecule has 0 unspecified atom stereocenters. The van der Waals surface area contributed by atoms with Gasteiger partial charge < -0.3 is 15.4 Å². The Morgan fingerprint density at radius 2 is 2.05 bits per heavy atom. The second-order valence-electron chi connectivity index (χ2n) is 5.02. The molecule has 112 valence electrons. The molecule has 0 atom stereocenters. The van der Waals surface area contributed by atoms with E-state index in [1.165, 1.54) is 6.92 Å². The molecule has 1 aromatic rings. The van der Waals surface area contributed by atoms with E-state index in [9.17, 15) is 14.4 Å². The Kier molecular flexibility index (Phi) is 4.92. The van der Waals surface area contributed by atoms with Gasteiger partial charge in [0.05, 0.1) is 0 Å². The number of esters is 1. The van der Waals surface area contributed by atoms with Crippen LogP contribution in [0, 0.1) is 5.92 Å². The van der Waals surface area contributed by atoms with Crippen LogP contribution in [-0.2, 0) is 25.7 Å². The van der Waals surface area contributed by atoms with Crippen LogP contribution in [0.15, 0.2) is 24.3 Å². The third-order valence-corrected chi connectivity index (χ3v) is 3.04. The first kappa shape index (κ1) is 15.0. The number of hydrogen-bond acceptors (Lipinski definition) is 4. The van der Waals surface area contributed by atoms with E-state index < -0.39 is 5.97 Å². The van der Waals surface area contributed by atoms with E-state index in [1.54, 1.807) is 0 Å². The molecule has 0 radical (unpaired) electrons. The van der Waals surface area contributed by atoms with Crippen molar-refractivity contribution in [1.82, 2.24) is 5.32 Å². The summed E-state index contributed by atoms with van der Waals surface area (Å²) in [5.74, 6) is -0.657. The summed E-state index contributed by atoms with van der Waals surface area (Å²) >= 11 is 0. The van der Waals surface area contributed by atoms with Crippen LogP contribution in [0.5, 0.6) is 0 Å². The number of carbonyl (C=O) groups is 3. The van der Waals surface area contributed by atoms with Gasteiger partial charge in [-0.1, -0.05) is 12.1 Å². The van der Waals surface area contributed by atoms with Gasteiger partial charge in [-0.25, -0.2) is 0 Å². The summed E-state index contributed by atoms with van der Waals surface area (Å²) in [6.07, 6.45) is 1.91. The van der Waals surface area contributed by atoms with E-state index in [0.717, 1.165) is 24.1 Å². The normalized spacial score (nSPS) is 13.4. The van der Waals surface area contributed by atoms with Gasteiger partial charge in [-0.3, -0.25) is 14.4 Å². The first-order valence-electron chi connectivity index (χ1n) is 6.84. The SMILES string of the molecule is CC(=O)OCC(=O)NCc1cccc(NC(=O)C2CC2)c1. The summed E-state index contributed by atoms with van der Waals surface area (Å²) in [4.78, 5) is 33.7. The molecule has 0 saturated heterocycles. The Hall–Kier alpha value is -2.37. The second kappa shape index (κ2) is 6.88. The Balaban J connectivity index is 1.81. The largest absolute Gasteiger partial charge is 0.456 e. The van der Waals surface area contributed by atoms with Crippen LogP contribution in [0.3, 0.4) is 0 Å². The van der Waals surface area contributed by atoms with Crippen molar-refractivity contribution in [2.75, 3.05) is 11.9 Å². The molecule has 1 aliphatic rings. The molecule has 1 aromatic carbocycles. The molecule has 6 nitrogen and oxygen atoms in total. The topological polar surface area (TPSA) is 84.5 Å². The van der Waals surface area contributed by atoms with Crippen molar-refractivity contribution < 1.29 is 19.1 Å². The van der Waals surface area contributed by atoms with Crippen molar-refractivity contribution >= 4 is 23.5 Å². The summed E-state index contributed by atoms with van der Waals surface area (Å²) in [6, 6.07) is 7.28. The van der Waals surface area contributed by atoms with E-state index >= 15 is 0 Å². The molecule has 0 heterocycles. The van der Waals surface area contributed by atoms with Crippen LogP contribution in [0.2, 0.25) is 0 Å². The lowest BCUT2D eigenvalue weighted by atomic mass is 10.2. The first-order chi connectivity index (χ1) is 10.0. The highest BCUT2D eigenvalue weighted by atomic mass is 16.5. The minimum Gasteiger partial charge on any atom is -0.456 e. The van der Waals surface area contributed by atoms with Crippen molar-refractivity contribution in [2.24, 2.45) is 5.92 Å². The van der Waals surface area contributed by atoms with Crippen molar-refractivity contribution in [2.45, 2.75) is 26.3 Å². The molecule has 1 aliphatic carbocycles. The van der Waals surface area contributed by atoms with Gasteiger partial charge in [0.2, 0.25) is 5.91 Å². The maximum absolute atomic E-state index is 11.7. The average molecular weight is 290 g/mol. The van der Waals surface area contributed by atoms with Gasteiger partial charge in [0.15, 0.2) is 6.61 Å². The molecule has 0 aliphatic heterocycles. The maximum Gasteiger partial charge on any atom is 0.303 e. The number of benzene rings is 1. The number of anilines is 1. The fraction of sp³-hybridized carbons (Fsp3) is 0.400. The number of amides is 2. The molecule has 2 N–H and O–H groups in total. The molecule has 0 spiro atoms. The van der Waals surface area contributed by atoms with Gasteiger partial charge in [0.25, 0.3) is 5.91 Å². The minimum atomic E-state index is -0.491. The van der Waals surface area contributed by atoms with Crippen LogP contribution in [0.4, 0.5) is 5.69 Å². The van der Waals surface area contributed by atoms with E-state index in [-0.39, 0.29) is 24.3 Å². The van der Waals surface area contributed by atoms with Gasteiger partial charge in [0, 0.05) is 25.1 Å². The molecule has 2 rings (SSSR count). The molecule has 6 heteroatoms. The molecular weight excluding hydrogens is 272 g/mol. The zero-order valence-corrected chi connectivity index (χ0v) is 11.8. The highest BCUT2D eigenvalue weighted by Crippen LogP contribution is 2.30. The van der Waals surface area contributed by atoms with Crippen LogP contribution in [0.1, 0.15) is 25.3 Å². The lowest BCUT2D eigenvalue weighted by molar-refractivity contribution is -0.146. The monoisotopic (exact) mass is 290 g/mol. The Morgan fingerprint density at radius 3 is 2.71 bits per heavy atom. The molecule has 2 amide bonds. The second-order valence-corrected chi connectivity index (χ2v) is 5.02. The summed E-state index contributed by atoms with van der Waals surface area (Å²) in [5, 5.41) is 5.49. The van der Waals surface area contributed by atoms with Gasteiger partial charge in [-0.05, 0) is 30.5 Å². The number of ether oxygens (including phenoxy) is 1. The van der Waals surface area contributed by atoms with Crippen molar-refractivity contribution in [3.8, 4) is 0 Å². The summed E-state index contributed by atoms with van der Waals surface area (Å²) in [6.45, 7) is 1.28. The van der Waals surface area contributed by atoms with E-state index in [2.05, 4.69) is 15.4 Å². The predicted molar refractivity (Wildman–Crippen MR) is 76.3 cm³/mol. The fourth-order valence-corrected chi connectivity index (χ4v) is 1.77. The third-order valence-electron chi connectivity index (χ3n) is 3.04. The van der Waals surface area contributed by atoms with Gasteiger partial charge >= 0.3 is 5.97 Å². The van der Waals surface area contributed by atoms with Crippen molar-refractivity contribution in [3.05, 3.63) is 29.8 Å². The smallest absolute Gasteiger partial charge is 0.303 e. The molecule has 21 heavy (non-hydrogen) atoms. The number of carbonyl (C=O) groups excluding carboxylic acids is 3. The zero-order valence-electron chi connectivity index (χ0n) is 11.8. The maximum atomic E-state index is 11.7. The van der Waals surface area contributed by atoms with Crippen LogP contribution < -0.4 is 10.6 Å². The Labute approximate surface area is 122 Å². The number of rotatable bonds is 6. The predicted octanol–water partition coefficient (Wildman–Crippen LogP) is 1.21. The highest BCUT2D eigenvalue weighted by Gasteiger charge is 2.29. The highest BCUT2D eigenvalue weighted by molar-refractivity contribution is 5.94. The summed E-state index contributed by atoms with van der Waals surface area (Å²) < 4.78 is 4.59. The molecule has 1 saturated carbocycles. The average Bonchev–Trinajstić information content (AvgIpc) is 3.28. The van der Waals surface area contributed by atoms with E-state index in [0.29, 0.717) is 6.54 Å². The van der Waals surface area contributed by atoms with Crippen LogP contribution in [-0.4, -0.2) is 24.4 Å². The quantitative estimate of drug-likeness (QED) is 0.771. The molecular formula is C15H18N2O4. The lowest BCUT2D eigenvalue weighted by Crippen LogP contribution is -2.27. The third kappa shape index (κ3) is 5.25. The summed E-state index contributed by atoms with van der Waals surface area (Å²) in [7, 11) is 0. The van der Waals surface area contributed by atoms with Crippen molar-refractivity contribution in [1.29, 1.82) is 0 Å². The van der Waals surface area contributed by atoms with E-state index in [1.807, 2.05) is 24.3 Å². The minimum absolute atomic E-state index is 0.0473. The molecule has 0 aromatic heterocycles. The standard InChI is InChI=1S/C15H18N2O4/c1-10(18)21-9-14(19)16-8-11-3-2-4-13(7-11)17-15(20)12-5-6-12/h2-4,7,12H,5-6,8-9H2,1H3,(H,16,19)(H,17,20). The zero-order chi connectivity index (χ0) is 15.2. The van der Waals surface area contributed by atoms with Crippen LogP contribution in [0.25, 0.3) is 0 Å².